The van der Waals surface area contributed by atoms with Crippen LogP contribution in [0.15, 0.2) is 0 Å². The Labute approximate surface area is 83.8 Å². The molecule has 0 aliphatic carbocycles. The molecule has 0 radical (unpaired) electrons. The number of likely N-dealkylation sites (tertiary alicyclic amines) is 1. The van der Waals surface area contributed by atoms with E-state index >= 15 is 0 Å². The minimum absolute atomic E-state index is 0.00622. The first-order valence-corrected chi connectivity index (χ1v) is 4.68. The summed E-state index contributed by atoms with van der Waals surface area (Å²) in [5.41, 5.74) is 0. The molecule has 0 aromatic rings. The number of carbonyl (C=O) groups excluding carboxylic acids is 1. The average Bonchev–Trinajstić information content (AvgIpc) is 2.18. The number of terminal acetylenes is 1. The summed E-state index contributed by atoms with van der Waals surface area (Å²) in [6, 6.07) is 0. The lowest BCUT2D eigenvalue weighted by Gasteiger charge is -2.33. The predicted octanol–water partition coefficient (Wildman–Crippen LogP) is 0.459. The maximum absolute atomic E-state index is 11.3. The number of hydrogen-bond acceptors (Lipinski definition) is 3. The van der Waals surface area contributed by atoms with Gasteiger partial charge in [0.1, 0.15) is 0 Å². The Hall–Kier alpha value is -1.21. The van der Waals surface area contributed by atoms with E-state index in [1.807, 2.05) is 6.92 Å². The molecule has 0 spiro atoms. The second kappa shape index (κ2) is 4.87. The van der Waals surface area contributed by atoms with E-state index in [0.717, 1.165) is 0 Å². The lowest BCUT2D eigenvalue weighted by Crippen LogP contribution is -2.45. The largest absolute Gasteiger partial charge is 0.436 e. The number of rotatable bonds is 1. The van der Waals surface area contributed by atoms with Crippen molar-refractivity contribution in [3.8, 4) is 12.3 Å². The Kier molecular flexibility index (Phi) is 3.78. The van der Waals surface area contributed by atoms with Crippen LogP contribution in [0, 0.1) is 18.3 Å². The van der Waals surface area contributed by atoms with Gasteiger partial charge in [0.25, 0.3) is 0 Å². The van der Waals surface area contributed by atoms with E-state index in [1.54, 1.807) is 4.90 Å². The summed E-state index contributed by atoms with van der Waals surface area (Å²) in [6.07, 6.45) is 4.87. The van der Waals surface area contributed by atoms with Crippen molar-refractivity contribution >= 4 is 6.09 Å². The normalized spacial score (nSPS) is 26.8. The van der Waals surface area contributed by atoms with Crippen molar-refractivity contribution in [2.24, 2.45) is 5.92 Å². The van der Waals surface area contributed by atoms with Crippen LogP contribution in [0.2, 0.25) is 0 Å². The highest BCUT2D eigenvalue weighted by molar-refractivity contribution is 5.67. The number of aliphatic hydroxyl groups excluding tert-OH is 1. The number of nitrogens with zero attached hydrogens (tertiary/aromatic N) is 1. The maximum Gasteiger partial charge on any atom is 0.410 e. The summed E-state index contributed by atoms with van der Waals surface area (Å²) in [5.74, 6) is 2.34. The van der Waals surface area contributed by atoms with E-state index in [9.17, 15) is 9.90 Å². The summed E-state index contributed by atoms with van der Waals surface area (Å²) in [6.45, 7) is 2.98. The van der Waals surface area contributed by atoms with E-state index in [0.29, 0.717) is 19.5 Å². The van der Waals surface area contributed by atoms with Gasteiger partial charge < -0.3 is 14.7 Å². The molecule has 2 unspecified atom stereocenters. The van der Waals surface area contributed by atoms with Gasteiger partial charge in [-0.25, -0.2) is 4.79 Å². The third-order valence-corrected chi connectivity index (χ3v) is 2.40. The standard InChI is InChI=1S/C10H15NO3/c1-3-6-14-10(13)11-5-4-9(12)8(2)7-11/h1,8-9,12H,4-7H2,2H3. The van der Waals surface area contributed by atoms with Crippen LogP contribution in [0.5, 0.6) is 0 Å². The molecule has 1 amide bonds. The predicted molar refractivity (Wildman–Crippen MR) is 51.5 cm³/mol. The highest BCUT2D eigenvalue weighted by Crippen LogP contribution is 2.16. The minimum atomic E-state index is -0.387. The van der Waals surface area contributed by atoms with E-state index in [2.05, 4.69) is 5.92 Å². The van der Waals surface area contributed by atoms with Crippen LogP contribution >= 0.6 is 0 Å². The molecule has 1 fully saturated rings. The molecule has 78 valence electrons. The zero-order valence-corrected chi connectivity index (χ0v) is 8.27. The van der Waals surface area contributed by atoms with Gasteiger partial charge in [-0.15, -0.1) is 6.42 Å². The van der Waals surface area contributed by atoms with Crippen LogP contribution in [0.4, 0.5) is 4.79 Å². The first-order chi connectivity index (χ1) is 6.65. The van der Waals surface area contributed by atoms with Gasteiger partial charge in [-0.3, -0.25) is 0 Å². The van der Waals surface area contributed by atoms with E-state index < -0.39 is 0 Å². The van der Waals surface area contributed by atoms with Gasteiger partial charge >= 0.3 is 6.09 Å². The Morgan fingerprint density at radius 1 is 1.79 bits per heavy atom. The molecule has 1 aliphatic heterocycles. The summed E-state index contributed by atoms with van der Waals surface area (Å²) < 4.78 is 4.78. The smallest absolute Gasteiger partial charge is 0.410 e. The molecule has 0 bridgehead atoms. The summed E-state index contributed by atoms with van der Waals surface area (Å²) in [5, 5.41) is 9.44. The molecule has 1 saturated heterocycles. The van der Waals surface area contributed by atoms with Crippen molar-refractivity contribution < 1.29 is 14.6 Å². The van der Waals surface area contributed by atoms with Crippen molar-refractivity contribution in [2.75, 3.05) is 19.7 Å². The second-order valence-electron chi connectivity index (χ2n) is 3.54. The van der Waals surface area contributed by atoms with Gasteiger partial charge in [0, 0.05) is 13.1 Å². The van der Waals surface area contributed by atoms with Crippen molar-refractivity contribution in [2.45, 2.75) is 19.4 Å². The van der Waals surface area contributed by atoms with Crippen LogP contribution in [0.3, 0.4) is 0 Å². The second-order valence-corrected chi connectivity index (χ2v) is 3.54. The van der Waals surface area contributed by atoms with Crippen LogP contribution in [-0.2, 0) is 4.74 Å². The first kappa shape index (κ1) is 10.9. The Morgan fingerprint density at radius 3 is 3.07 bits per heavy atom. The molecule has 1 rings (SSSR count). The summed E-state index contributed by atoms with van der Waals surface area (Å²) in [7, 11) is 0. The molecule has 1 heterocycles. The fraction of sp³-hybridized carbons (Fsp3) is 0.700. The van der Waals surface area contributed by atoms with Gasteiger partial charge in [0.2, 0.25) is 0 Å². The molecule has 4 heteroatoms. The molecule has 2 atom stereocenters. The number of carbonyl (C=O) groups is 1. The number of piperidine rings is 1. The van der Waals surface area contributed by atoms with Crippen LogP contribution in [-0.4, -0.2) is 41.9 Å². The van der Waals surface area contributed by atoms with Crippen molar-refractivity contribution in [1.29, 1.82) is 0 Å². The fourth-order valence-corrected chi connectivity index (χ4v) is 1.49. The van der Waals surface area contributed by atoms with Gasteiger partial charge in [0.15, 0.2) is 6.61 Å². The zero-order valence-electron chi connectivity index (χ0n) is 8.27. The van der Waals surface area contributed by atoms with Gasteiger partial charge in [-0.2, -0.15) is 0 Å². The third kappa shape index (κ3) is 2.64. The molecule has 1 aliphatic rings. The Balaban J connectivity index is 2.39. The monoisotopic (exact) mass is 197 g/mol. The minimum Gasteiger partial charge on any atom is -0.436 e. The van der Waals surface area contributed by atoms with E-state index in [1.165, 1.54) is 0 Å². The van der Waals surface area contributed by atoms with Crippen molar-refractivity contribution in [3.05, 3.63) is 0 Å². The topological polar surface area (TPSA) is 49.8 Å². The summed E-state index contributed by atoms with van der Waals surface area (Å²) in [4.78, 5) is 12.9. The van der Waals surface area contributed by atoms with Gasteiger partial charge in [-0.05, 0) is 12.3 Å². The Bertz CT molecular complexity index is 246. The van der Waals surface area contributed by atoms with Crippen molar-refractivity contribution in [1.82, 2.24) is 4.90 Å². The molecule has 1 N–H and O–H groups in total. The number of amides is 1. The maximum atomic E-state index is 11.3. The van der Waals surface area contributed by atoms with Crippen LogP contribution in [0.1, 0.15) is 13.3 Å². The highest BCUT2D eigenvalue weighted by atomic mass is 16.6. The SMILES string of the molecule is C#CCOC(=O)N1CCC(O)C(C)C1. The molecular formula is C10H15NO3. The molecule has 0 aromatic carbocycles. The quantitative estimate of drug-likeness (QED) is 0.621. The molecule has 0 saturated carbocycles. The lowest BCUT2D eigenvalue weighted by atomic mass is 9.97. The lowest BCUT2D eigenvalue weighted by molar-refractivity contribution is 0.0298. The van der Waals surface area contributed by atoms with E-state index in [-0.39, 0.29) is 24.7 Å². The van der Waals surface area contributed by atoms with Gasteiger partial charge in [-0.1, -0.05) is 12.8 Å². The number of hydrogen-bond donors (Lipinski definition) is 1. The molecule has 14 heavy (non-hydrogen) atoms. The summed E-state index contributed by atoms with van der Waals surface area (Å²) >= 11 is 0. The first-order valence-electron chi connectivity index (χ1n) is 4.68. The number of aliphatic hydroxyl groups is 1. The average molecular weight is 197 g/mol. The molecule has 4 nitrogen and oxygen atoms in total. The van der Waals surface area contributed by atoms with Gasteiger partial charge in [0.05, 0.1) is 6.10 Å². The zero-order chi connectivity index (χ0) is 10.6. The number of ether oxygens (including phenoxy) is 1. The third-order valence-electron chi connectivity index (χ3n) is 2.40. The molecule has 0 aromatic heterocycles. The Morgan fingerprint density at radius 2 is 2.50 bits per heavy atom. The fourth-order valence-electron chi connectivity index (χ4n) is 1.49. The van der Waals surface area contributed by atoms with Crippen LogP contribution in [0.25, 0.3) is 0 Å². The van der Waals surface area contributed by atoms with E-state index in [4.69, 9.17) is 11.2 Å². The highest BCUT2D eigenvalue weighted by Gasteiger charge is 2.27. The molecular weight excluding hydrogens is 182 g/mol. The van der Waals surface area contributed by atoms with Crippen molar-refractivity contribution in [3.63, 3.8) is 0 Å². The van der Waals surface area contributed by atoms with Crippen LogP contribution < -0.4 is 0 Å².